The van der Waals surface area contributed by atoms with E-state index in [2.05, 4.69) is 17.1 Å². The third-order valence-corrected chi connectivity index (χ3v) is 8.13. The Bertz CT molecular complexity index is 868. The van der Waals surface area contributed by atoms with Crippen molar-refractivity contribution in [2.45, 2.75) is 36.4 Å². The average Bonchev–Trinajstić information content (AvgIpc) is 3.19. The summed E-state index contributed by atoms with van der Waals surface area (Å²) in [6.07, 6.45) is -2.85. The summed E-state index contributed by atoms with van der Waals surface area (Å²) in [5.74, 6) is 0. The normalized spacial score (nSPS) is 24.2. The maximum absolute atomic E-state index is 12.9. The topological polar surface area (TPSA) is 73.0 Å². The number of alkyl halides is 3. The van der Waals surface area contributed by atoms with Crippen LogP contribution in [0.1, 0.15) is 25.3 Å². The van der Waals surface area contributed by atoms with Gasteiger partial charge in [-0.2, -0.15) is 17.5 Å². The molecule has 0 aliphatic carbocycles. The van der Waals surface area contributed by atoms with Crippen molar-refractivity contribution in [3.8, 4) is 0 Å². The van der Waals surface area contributed by atoms with E-state index in [9.17, 15) is 26.4 Å². The summed E-state index contributed by atoms with van der Waals surface area (Å²) in [6.45, 7) is 4.84. The minimum atomic E-state index is -4.51. The number of nitrogens with zero attached hydrogens (tertiary/aromatic N) is 3. The minimum absolute atomic E-state index is 0.117. The Balaban J connectivity index is 1.68. The fraction of sp³-hybridized carbons (Fsp3) is 0.632. The first-order valence-electron chi connectivity index (χ1n) is 9.92. The first-order chi connectivity index (χ1) is 14.0. The number of carbonyl (C=O) groups is 1. The van der Waals surface area contributed by atoms with Crippen molar-refractivity contribution in [1.29, 1.82) is 0 Å². The summed E-state index contributed by atoms with van der Waals surface area (Å²) < 4.78 is 65.3. The number of hydrogen-bond donors (Lipinski definition) is 1. The van der Waals surface area contributed by atoms with Gasteiger partial charge < -0.3 is 10.2 Å². The van der Waals surface area contributed by atoms with Crippen LogP contribution in [0.3, 0.4) is 0 Å². The molecule has 2 fully saturated rings. The van der Waals surface area contributed by atoms with Gasteiger partial charge in [0, 0.05) is 51.9 Å². The van der Waals surface area contributed by atoms with Gasteiger partial charge in [-0.05, 0) is 37.1 Å². The standard InChI is InChI=1S/C19H27F3N4O3S/c1-3-18(8-9-24(14-18)17(27)23-2)25-10-12-26(13-11-25)30(28,29)16-6-4-15(5-7-16)19(20,21)22/h4-7H,3,8-14H2,1-2H3,(H,23,27)/t18-/m0/s1. The lowest BCUT2D eigenvalue weighted by atomic mass is 9.92. The van der Waals surface area contributed by atoms with Crippen LogP contribution in [-0.4, -0.2) is 80.4 Å². The van der Waals surface area contributed by atoms with Crippen LogP contribution in [0.2, 0.25) is 0 Å². The SMILES string of the molecule is CC[C@]1(N2CCN(S(=O)(=O)c3ccc(C(F)(F)F)cc3)CC2)CCN(C(=O)NC)C1. The quantitative estimate of drug-likeness (QED) is 0.767. The van der Waals surface area contributed by atoms with E-state index in [0.29, 0.717) is 26.2 Å². The van der Waals surface area contributed by atoms with Gasteiger partial charge in [0.05, 0.1) is 10.5 Å². The van der Waals surface area contributed by atoms with Crippen LogP contribution in [0.25, 0.3) is 0 Å². The number of amides is 2. The van der Waals surface area contributed by atoms with Crippen LogP contribution in [0.5, 0.6) is 0 Å². The van der Waals surface area contributed by atoms with E-state index >= 15 is 0 Å². The van der Waals surface area contributed by atoms with Gasteiger partial charge in [-0.3, -0.25) is 4.90 Å². The highest BCUT2D eigenvalue weighted by Gasteiger charge is 2.44. The molecule has 2 heterocycles. The van der Waals surface area contributed by atoms with Gasteiger partial charge >= 0.3 is 12.2 Å². The number of halogens is 3. The molecule has 11 heteroatoms. The fourth-order valence-corrected chi connectivity index (χ4v) is 5.75. The first-order valence-corrected chi connectivity index (χ1v) is 11.4. The Hall–Kier alpha value is -1.85. The van der Waals surface area contributed by atoms with Crippen LogP contribution in [-0.2, 0) is 16.2 Å². The van der Waals surface area contributed by atoms with E-state index in [1.807, 2.05) is 0 Å². The lowest BCUT2D eigenvalue weighted by molar-refractivity contribution is -0.137. The molecular weight excluding hydrogens is 421 g/mol. The van der Waals surface area contributed by atoms with E-state index in [1.54, 1.807) is 11.9 Å². The van der Waals surface area contributed by atoms with Crippen LogP contribution in [0.4, 0.5) is 18.0 Å². The molecule has 2 saturated heterocycles. The molecule has 0 aromatic heterocycles. The number of carbonyl (C=O) groups excluding carboxylic acids is 1. The number of likely N-dealkylation sites (tertiary alicyclic amines) is 1. The summed E-state index contributed by atoms with van der Waals surface area (Å²) in [5, 5.41) is 2.64. The third-order valence-electron chi connectivity index (χ3n) is 6.22. The Morgan fingerprint density at radius 3 is 2.20 bits per heavy atom. The van der Waals surface area contributed by atoms with Gasteiger partial charge in [-0.15, -0.1) is 0 Å². The predicted molar refractivity (Wildman–Crippen MR) is 105 cm³/mol. The summed E-state index contributed by atoms with van der Waals surface area (Å²) in [6, 6.07) is 3.49. The molecule has 168 valence electrons. The van der Waals surface area contributed by atoms with Crippen molar-refractivity contribution in [2.75, 3.05) is 46.3 Å². The van der Waals surface area contributed by atoms with Gasteiger partial charge in [0.15, 0.2) is 0 Å². The molecule has 0 unspecified atom stereocenters. The third kappa shape index (κ3) is 4.28. The molecular formula is C19H27F3N4O3S. The van der Waals surface area contributed by atoms with Gasteiger partial charge in [-0.1, -0.05) is 6.92 Å². The van der Waals surface area contributed by atoms with Crippen LogP contribution < -0.4 is 5.32 Å². The maximum Gasteiger partial charge on any atom is 0.416 e. The number of hydrogen-bond acceptors (Lipinski definition) is 4. The molecule has 0 saturated carbocycles. The molecule has 1 aromatic carbocycles. The zero-order chi connectivity index (χ0) is 22.2. The Kier molecular flexibility index (Phi) is 6.35. The fourth-order valence-electron chi connectivity index (χ4n) is 4.33. The predicted octanol–water partition coefficient (Wildman–Crippen LogP) is 2.21. The molecule has 2 amide bonds. The molecule has 30 heavy (non-hydrogen) atoms. The zero-order valence-corrected chi connectivity index (χ0v) is 17.9. The van der Waals surface area contributed by atoms with Crippen molar-refractivity contribution in [1.82, 2.24) is 19.4 Å². The van der Waals surface area contributed by atoms with E-state index in [4.69, 9.17) is 0 Å². The Morgan fingerprint density at radius 2 is 1.70 bits per heavy atom. The van der Waals surface area contributed by atoms with Gasteiger partial charge in [-0.25, -0.2) is 13.2 Å². The lowest BCUT2D eigenvalue weighted by Gasteiger charge is -2.45. The second-order valence-corrected chi connectivity index (χ2v) is 9.66. The summed E-state index contributed by atoms with van der Waals surface area (Å²) in [5.41, 5.74) is -1.06. The van der Waals surface area contributed by atoms with Crippen LogP contribution >= 0.6 is 0 Å². The molecule has 2 aliphatic heterocycles. The van der Waals surface area contributed by atoms with Gasteiger partial charge in [0.2, 0.25) is 10.0 Å². The summed E-state index contributed by atoms with van der Waals surface area (Å²) in [7, 11) is -2.26. The number of urea groups is 1. The van der Waals surface area contributed by atoms with Gasteiger partial charge in [0.1, 0.15) is 0 Å². The van der Waals surface area contributed by atoms with Crippen LogP contribution in [0, 0.1) is 0 Å². The Morgan fingerprint density at radius 1 is 1.10 bits per heavy atom. The summed E-state index contributed by atoms with van der Waals surface area (Å²) >= 11 is 0. The van der Waals surface area contributed by atoms with Crippen molar-refractivity contribution >= 4 is 16.1 Å². The molecule has 2 aliphatic rings. The largest absolute Gasteiger partial charge is 0.416 e. The molecule has 3 rings (SSSR count). The van der Waals surface area contributed by atoms with E-state index in [0.717, 1.165) is 37.1 Å². The zero-order valence-electron chi connectivity index (χ0n) is 17.1. The number of piperazine rings is 1. The lowest BCUT2D eigenvalue weighted by Crippen LogP contribution is -2.59. The average molecular weight is 449 g/mol. The van der Waals surface area contributed by atoms with Crippen molar-refractivity contribution in [3.63, 3.8) is 0 Å². The molecule has 0 bridgehead atoms. The maximum atomic E-state index is 12.9. The monoisotopic (exact) mass is 448 g/mol. The van der Waals surface area contributed by atoms with Gasteiger partial charge in [0.25, 0.3) is 0 Å². The number of sulfonamides is 1. The molecule has 1 aromatic rings. The molecule has 0 spiro atoms. The highest BCUT2D eigenvalue weighted by Crippen LogP contribution is 2.33. The molecule has 0 radical (unpaired) electrons. The molecule has 1 N–H and O–H groups in total. The van der Waals surface area contributed by atoms with Crippen molar-refractivity contribution in [2.24, 2.45) is 0 Å². The van der Waals surface area contributed by atoms with E-state index < -0.39 is 21.8 Å². The number of nitrogens with one attached hydrogen (secondary N) is 1. The van der Waals surface area contributed by atoms with Crippen molar-refractivity contribution in [3.05, 3.63) is 29.8 Å². The number of benzene rings is 1. The molecule has 1 atom stereocenters. The highest BCUT2D eigenvalue weighted by atomic mass is 32.2. The number of rotatable bonds is 4. The second-order valence-electron chi connectivity index (χ2n) is 7.72. The van der Waals surface area contributed by atoms with Crippen LogP contribution in [0.15, 0.2) is 29.2 Å². The molecule has 7 nitrogen and oxygen atoms in total. The minimum Gasteiger partial charge on any atom is -0.341 e. The van der Waals surface area contributed by atoms with E-state index in [-0.39, 0.29) is 29.6 Å². The first kappa shape index (κ1) is 22.8. The smallest absolute Gasteiger partial charge is 0.341 e. The Labute approximate surface area is 174 Å². The summed E-state index contributed by atoms with van der Waals surface area (Å²) in [4.78, 5) is 15.8. The van der Waals surface area contributed by atoms with E-state index in [1.165, 1.54) is 4.31 Å². The second kappa shape index (κ2) is 8.35. The van der Waals surface area contributed by atoms with Crippen molar-refractivity contribution < 1.29 is 26.4 Å². The highest BCUT2D eigenvalue weighted by molar-refractivity contribution is 7.89.